The Balaban J connectivity index is 1.85. The predicted octanol–water partition coefficient (Wildman–Crippen LogP) is 4.72. The Hall–Kier alpha value is -2.47. The third-order valence-corrected chi connectivity index (χ3v) is 5.31. The highest BCUT2D eigenvalue weighted by Crippen LogP contribution is 2.31. The van der Waals surface area contributed by atoms with Crippen LogP contribution in [0.15, 0.2) is 42.6 Å². The number of ether oxygens (including phenoxy) is 1. The van der Waals surface area contributed by atoms with Crippen LogP contribution in [-0.4, -0.2) is 28.8 Å². The average Bonchev–Trinajstić information content (AvgIpc) is 3.16. The van der Waals surface area contributed by atoms with Crippen molar-refractivity contribution in [2.75, 3.05) is 18.6 Å². The summed E-state index contributed by atoms with van der Waals surface area (Å²) in [4.78, 5) is 6.48. The molecule has 0 aliphatic rings. The van der Waals surface area contributed by atoms with E-state index in [2.05, 4.69) is 58.2 Å². The molecule has 0 aliphatic heterocycles. The monoisotopic (exact) mass is 368 g/mol. The van der Waals surface area contributed by atoms with Crippen LogP contribution in [0.5, 0.6) is 5.88 Å². The minimum absolute atomic E-state index is 0.585. The highest BCUT2D eigenvalue weighted by Gasteiger charge is 2.15. The van der Waals surface area contributed by atoms with E-state index in [1.165, 1.54) is 11.1 Å². The Bertz CT molecular complexity index is 849. The molecule has 0 saturated heterocycles. The first-order valence-corrected chi connectivity index (χ1v) is 9.66. The Kier molecular flexibility index (Phi) is 6.17. The maximum absolute atomic E-state index is 5.21. The summed E-state index contributed by atoms with van der Waals surface area (Å²) in [7, 11) is 1.62. The van der Waals surface area contributed by atoms with Crippen LogP contribution in [-0.2, 0) is 6.54 Å². The second kappa shape index (κ2) is 8.76. The van der Waals surface area contributed by atoms with E-state index in [1.807, 2.05) is 12.1 Å². The highest BCUT2D eigenvalue weighted by molar-refractivity contribution is 7.18. The summed E-state index contributed by atoms with van der Waals surface area (Å²) in [6.45, 7) is 6.18. The van der Waals surface area contributed by atoms with Gasteiger partial charge < -0.3 is 9.64 Å². The number of pyridine rings is 1. The number of hydrogen-bond donors (Lipinski definition) is 0. The number of benzene rings is 1. The number of methoxy groups -OCH3 is 1. The third kappa shape index (κ3) is 4.38. The molecule has 2 aromatic heterocycles. The van der Waals surface area contributed by atoms with E-state index in [1.54, 1.807) is 24.6 Å². The number of nitrogens with zero attached hydrogens (tertiary/aromatic N) is 4. The zero-order valence-electron chi connectivity index (χ0n) is 15.5. The Labute approximate surface area is 158 Å². The molecule has 0 bridgehead atoms. The number of aromatic nitrogens is 3. The maximum atomic E-state index is 5.21. The van der Waals surface area contributed by atoms with E-state index < -0.39 is 0 Å². The smallest absolute Gasteiger partial charge is 0.213 e. The molecule has 3 aromatic rings. The van der Waals surface area contributed by atoms with E-state index in [0.29, 0.717) is 5.88 Å². The standard InChI is InChI=1S/C20H24N4OS/c1-4-5-12-24(14-17-9-7-6-8-15(17)2)20-23-22-19(26-20)16-10-11-21-18(13-16)25-3/h6-11,13H,4-5,12,14H2,1-3H3. The van der Waals surface area contributed by atoms with Gasteiger partial charge in [0.1, 0.15) is 5.01 Å². The fourth-order valence-electron chi connectivity index (χ4n) is 2.70. The second-order valence-electron chi connectivity index (χ2n) is 6.18. The molecule has 2 heterocycles. The molecule has 136 valence electrons. The largest absolute Gasteiger partial charge is 0.481 e. The molecule has 0 aliphatic carbocycles. The van der Waals surface area contributed by atoms with Crippen LogP contribution in [0, 0.1) is 6.92 Å². The first-order valence-electron chi connectivity index (χ1n) is 8.84. The molecular formula is C20H24N4OS. The van der Waals surface area contributed by atoms with E-state index in [-0.39, 0.29) is 0 Å². The van der Waals surface area contributed by atoms with Crippen molar-refractivity contribution in [2.45, 2.75) is 33.2 Å². The molecule has 3 rings (SSSR count). The van der Waals surface area contributed by atoms with Crippen molar-refractivity contribution in [3.8, 4) is 16.5 Å². The van der Waals surface area contributed by atoms with E-state index in [9.17, 15) is 0 Å². The maximum Gasteiger partial charge on any atom is 0.213 e. The Morgan fingerprint density at radius 3 is 2.77 bits per heavy atom. The quantitative estimate of drug-likeness (QED) is 0.576. The van der Waals surface area contributed by atoms with Crippen molar-refractivity contribution in [2.24, 2.45) is 0 Å². The fraction of sp³-hybridized carbons (Fsp3) is 0.350. The number of unbranched alkanes of at least 4 members (excludes halogenated alkanes) is 1. The molecule has 26 heavy (non-hydrogen) atoms. The van der Waals surface area contributed by atoms with Gasteiger partial charge in [-0.2, -0.15) is 0 Å². The Morgan fingerprint density at radius 2 is 2.00 bits per heavy atom. The number of hydrogen-bond acceptors (Lipinski definition) is 6. The molecule has 0 spiro atoms. The van der Waals surface area contributed by atoms with Gasteiger partial charge in [0.2, 0.25) is 11.0 Å². The third-order valence-electron chi connectivity index (χ3n) is 4.28. The van der Waals surface area contributed by atoms with Gasteiger partial charge >= 0.3 is 0 Å². The van der Waals surface area contributed by atoms with Crippen molar-refractivity contribution in [1.82, 2.24) is 15.2 Å². The van der Waals surface area contributed by atoms with Gasteiger partial charge in [-0.3, -0.25) is 0 Å². The summed E-state index contributed by atoms with van der Waals surface area (Å²) < 4.78 is 5.21. The summed E-state index contributed by atoms with van der Waals surface area (Å²) in [5, 5.41) is 10.7. The highest BCUT2D eigenvalue weighted by atomic mass is 32.1. The van der Waals surface area contributed by atoms with Crippen LogP contribution in [0.3, 0.4) is 0 Å². The fourth-order valence-corrected chi connectivity index (χ4v) is 3.56. The molecule has 0 atom stereocenters. The molecule has 1 aromatic carbocycles. The minimum atomic E-state index is 0.585. The topological polar surface area (TPSA) is 51.1 Å². The second-order valence-corrected chi connectivity index (χ2v) is 7.13. The lowest BCUT2D eigenvalue weighted by atomic mass is 10.1. The number of anilines is 1. The number of aryl methyl sites for hydroxylation is 1. The van der Waals surface area contributed by atoms with E-state index in [0.717, 1.165) is 41.6 Å². The molecule has 6 heteroatoms. The predicted molar refractivity (Wildman–Crippen MR) is 107 cm³/mol. The molecule has 5 nitrogen and oxygen atoms in total. The van der Waals surface area contributed by atoms with Crippen LogP contribution in [0.4, 0.5) is 5.13 Å². The normalized spacial score (nSPS) is 10.7. The molecule has 0 fully saturated rings. The molecule has 0 amide bonds. The van der Waals surface area contributed by atoms with Crippen molar-refractivity contribution in [3.63, 3.8) is 0 Å². The number of rotatable bonds is 8. The van der Waals surface area contributed by atoms with Crippen LogP contribution in [0.1, 0.15) is 30.9 Å². The van der Waals surface area contributed by atoms with Crippen molar-refractivity contribution in [3.05, 3.63) is 53.7 Å². The van der Waals surface area contributed by atoms with Crippen molar-refractivity contribution >= 4 is 16.5 Å². The molecule has 0 N–H and O–H groups in total. The van der Waals surface area contributed by atoms with Gasteiger partial charge in [-0.1, -0.05) is 48.9 Å². The van der Waals surface area contributed by atoms with Gasteiger partial charge in [0.15, 0.2) is 0 Å². The SMILES string of the molecule is CCCCN(Cc1ccccc1C)c1nnc(-c2ccnc(OC)c2)s1. The first kappa shape index (κ1) is 18.3. The molecule has 0 unspecified atom stereocenters. The van der Waals surface area contributed by atoms with E-state index >= 15 is 0 Å². The Morgan fingerprint density at radius 1 is 1.15 bits per heavy atom. The van der Waals surface area contributed by atoms with Crippen LogP contribution >= 0.6 is 11.3 Å². The van der Waals surface area contributed by atoms with Crippen LogP contribution < -0.4 is 9.64 Å². The molecular weight excluding hydrogens is 344 g/mol. The summed E-state index contributed by atoms with van der Waals surface area (Å²) in [5.74, 6) is 0.585. The zero-order valence-corrected chi connectivity index (χ0v) is 16.3. The minimum Gasteiger partial charge on any atom is -0.481 e. The zero-order chi connectivity index (χ0) is 18.4. The summed E-state index contributed by atoms with van der Waals surface area (Å²) in [6.07, 6.45) is 4.01. The van der Waals surface area contributed by atoms with Gasteiger partial charge in [-0.15, -0.1) is 10.2 Å². The van der Waals surface area contributed by atoms with Crippen LogP contribution in [0.25, 0.3) is 10.6 Å². The lowest BCUT2D eigenvalue weighted by Gasteiger charge is -2.22. The van der Waals surface area contributed by atoms with Gasteiger partial charge in [0.05, 0.1) is 7.11 Å². The van der Waals surface area contributed by atoms with Gasteiger partial charge in [0.25, 0.3) is 0 Å². The van der Waals surface area contributed by atoms with Gasteiger partial charge in [0, 0.05) is 30.9 Å². The van der Waals surface area contributed by atoms with Crippen molar-refractivity contribution < 1.29 is 4.74 Å². The van der Waals surface area contributed by atoms with E-state index in [4.69, 9.17) is 4.74 Å². The van der Waals surface area contributed by atoms with Crippen molar-refractivity contribution in [1.29, 1.82) is 0 Å². The molecule has 0 radical (unpaired) electrons. The van der Waals surface area contributed by atoms with Crippen LogP contribution in [0.2, 0.25) is 0 Å². The van der Waals surface area contributed by atoms with Gasteiger partial charge in [-0.25, -0.2) is 4.98 Å². The first-order chi connectivity index (χ1) is 12.7. The summed E-state index contributed by atoms with van der Waals surface area (Å²) in [5.41, 5.74) is 3.61. The lowest BCUT2D eigenvalue weighted by Crippen LogP contribution is -2.24. The lowest BCUT2D eigenvalue weighted by molar-refractivity contribution is 0.398. The summed E-state index contributed by atoms with van der Waals surface area (Å²) >= 11 is 1.61. The summed E-state index contributed by atoms with van der Waals surface area (Å²) in [6, 6.07) is 12.3. The van der Waals surface area contributed by atoms with Gasteiger partial charge in [-0.05, 0) is 30.5 Å². The average molecular weight is 369 g/mol. The molecule has 0 saturated carbocycles.